The SMILES string of the molecule is CCCCCCCC(N)C1CCCC1. The fourth-order valence-corrected chi connectivity index (χ4v) is 2.60. The lowest BCUT2D eigenvalue weighted by Gasteiger charge is -2.18. The Balaban J connectivity index is 1.94. The topological polar surface area (TPSA) is 26.0 Å². The number of nitrogens with two attached hydrogens (primary N) is 1. The largest absolute Gasteiger partial charge is 0.327 e. The van der Waals surface area contributed by atoms with Gasteiger partial charge in [-0.05, 0) is 25.2 Å². The van der Waals surface area contributed by atoms with Crippen molar-refractivity contribution in [1.29, 1.82) is 0 Å². The van der Waals surface area contributed by atoms with Crippen LogP contribution >= 0.6 is 0 Å². The summed E-state index contributed by atoms with van der Waals surface area (Å²) in [5, 5.41) is 0. The van der Waals surface area contributed by atoms with Gasteiger partial charge in [0.25, 0.3) is 0 Å². The maximum Gasteiger partial charge on any atom is 0.00671 e. The van der Waals surface area contributed by atoms with Crippen LogP contribution in [0.25, 0.3) is 0 Å². The molecule has 0 aromatic heterocycles. The smallest absolute Gasteiger partial charge is 0.00671 e. The third kappa shape index (κ3) is 4.45. The van der Waals surface area contributed by atoms with Crippen LogP contribution in [-0.4, -0.2) is 6.04 Å². The Morgan fingerprint density at radius 3 is 2.36 bits per heavy atom. The van der Waals surface area contributed by atoms with Crippen LogP contribution in [0.15, 0.2) is 0 Å². The minimum Gasteiger partial charge on any atom is -0.327 e. The highest BCUT2D eigenvalue weighted by Gasteiger charge is 2.21. The van der Waals surface area contributed by atoms with Gasteiger partial charge in [-0.2, -0.15) is 0 Å². The second-order valence-corrected chi connectivity index (χ2v) is 4.91. The van der Waals surface area contributed by atoms with E-state index in [2.05, 4.69) is 6.92 Å². The Kier molecular flexibility index (Phi) is 6.25. The van der Waals surface area contributed by atoms with Crippen LogP contribution in [0.5, 0.6) is 0 Å². The highest BCUT2D eigenvalue weighted by Crippen LogP contribution is 2.28. The predicted octanol–water partition coefficient (Wildman–Crippen LogP) is 3.86. The first kappa shape index (κ1) is 12.0. The molecule has 1 nitrogen and oxygen atoms in total. The summed E-state index contributed by atoms with van der Waals surface area (Å²) in [6.45, 7) is 2.27. The molecule has 0 heterocycles. The lowest BCUT2D eigenvalue weighted by molar-refractivity contribution is 0.395. The fourth-order valence-electron chi connectivity index (χ4n) is 2.60. The van der Waals surface area contributed by atoms with E-state index in [4.69, 9.17) is 5.73 Å². The highest BCUT2D eigenvalue weighted by atomic mass is 14.6. The lowest BCUT2D eigenvalue weighted by atomic mass is 9.94. The van der Waals surface area contributed by atoms with Crippen molar-refractivity contribution in [2.45, 2.75) is 77.2 Å². The number of unbranched alkanes of at least 4 members (excludes halogenated alkanes) is 4. The maximum atomic E-state index is 6.19. The molecule has 14 heavy (non-hydrogen) atoms. The summed E-state index contributed by atoms with van der Waals surface area (Å²) in [7, 11) is 0. The lowest BCUT2D eigenvalue weighted by Crippen LogP contribution is -2.28. The first-order valence-corrected chi connectivity index (χ1v) is 6.60. The molecule has 1 unspecified atom stereocenters. The van der Waals surface area contributed by atoms with Crippen molar-refractivity contribution in [3.8, 4) is 0 Å². The van der Waals surface area contributed by atoms with Crippen LogP contribution in [-0.2, 0) is 0 Å². The second kappa shape index (κ2) is 7.28. The molecule has 1 aliphatic carbocycles. The van der Waals surface area contributed by atoms with Gasteiger partial charge in [-0.3, -0.25) is 0 Å². The van der Waals surface area contributed by atoms with E-state index in [0.717, 1.165) is 5.92 Å². The van der Waals surface area contributed by atoms with E-state index in [1.54, 1.807) is 0 Å². The molecule has 0 amide bonds. The summed E-state index contributed by atoms with van der Waals surface area (Å²) in [6, 6.07) is 0.513. The molecule has 2 N–H and O–H groups in total. The Bertz CT molecular complexity index is 127. The third-order valence-electron chi connectivity index (χ3n) is 3.65. The van der Waals surface area contributed by atoms with Crippen LogP contribution in [0.2, 0.25) is 0 Å². The number of rotatable bonds is 7. The standard InChI is InChI=1S/C13H27N/c1-2-3-4-5-6-11-13(14)12-9-7-8-10-12/h12-13H,2-11,14H2,1H3. The average Bonchev–Trinajstić information content (AvgIpc) is 2.70. The van der Waals surface area contributed by atoms with Gasteiger partial charge in [0.15, 0.2) is 0 Å². The van der Waals surface area contributed by atoms with Crippen LogP contribution in [0, 0.1) is 5.92 Å². The molecule has 0 aliphatic heterocycles. The molecule has 0 aromatic carbocycles. The van der Waals surface area contributed by atoms with Crippen molar-refractivity contribution in [3.63, 3.8) is 0 Å². The summed E-state index contributed by atoms with van der Waals surface area (Å²) in [4.78, 5) is 0. The molecule has 1 fully saturated rings. The van der Waals surface area contributed by atoms with Gasteiger partial charge in [0, 0.05) is 6.04 Å². The van der Waals surface area contributed by atoms with E-state index < -0.39 is 0 Å². The molecule has 84 valence electrons. The van der Waals surface area contributed by atoms with Crippen molar-refractivity contribution in [1.82, 2.24) is 0 Å². The van der Waals surface area contributed by atoms with Gasteiger partial charge in [0.05, 0.1) is 0 Å². The first-order chi connectivity index (χ1) is 6.84. The first-order valence-electron chi connectivity index (χ1n) is 6.60. The number of hydrogen-bond donors (Lipinski definition) is 1. The van der Waals surface area contributed by atoms with Gasteiger partial charge in [-0.1, -0.05) is 51.9 Å². The molecule has 1 heteroatoms. The van der Waals surface area contributed by atoms with Crippen molar-refractivity contribution in [2.24, 2.45) is 11.7 Å². The zero-order valence-electron chi connectivity index (χ0n) is 9.80. The molecule has 1 rings (SSSR count). The van der Waals surface area contributed by atoms with E-state index in [0.29, 0.717) is 6.04 Å². The van der Waals surface area contributed by atoms with Gasteiger partial charge in [-0.15, -0.1) is 0 Å². The van der Waals surface area contributed by atoms with E-state index in [-0.39, 0.29) is 0 Å². The molecule has 0 aromatic rings. The van der Waals surface area contributed by atoms with Crippen LogP contribution in [0.4, 0.5) is 0 Å². The Labute approximate surface area is 89.5 Å². The van der Waals surface area contributed by atoms with Crippen LogP contribution in [0.3, 0.4) is 0 Å². The molecule has 0 bridgehead atoms. The molecule has 1 saturated carbocycles. The summed E-state index contributed by atoms with van der Waals surface area (Å²) in [5.74, 6) is 0.862. The molecule has 1 aliphatic rings. The van der Waals surface area contributed by atoms with Crippen LogP contribution < -0.4 is 5.73 Å². The van der Waals surface area contributed by atoms with Crippen molar-refractivity contribution in [3.05, 3.63) is 0 Å². The number of hydrogen-bond acceptors (Lipinski definition) is 1. The van der Waals surface area contributed by atoms with E-state index in [1.165, 1.54) is 64.2 Å². The van der Waals surface area contributed by atoms with Crippen molar-refractivity contribution >= 4 is 0 Å². The average molecular weight is 197 g/mol. The Morgan fingerprint density at radius 1 is 1.07 bits per heavy atom. The van der Waals surface area contributed by atoms with E-state index in [9.17, 15) is 0 Å². The fraction of sp³-hybridized carbons (Fsp3) is 1.00. The second-order valence-electron chi connectivity index (χ2n) is 4.91. The van der Waals surface area contributed by atoms with Crippen LogP contribution in [0.1, 0.15) is 71.1 Å². The van der Waals surface area contributed by atoms with Gasteiger partial charge in [-0.25, -0.2) is 0 Å². The molecule has 1 atom stereocenters. The van der Waals surface area contributed by atoms with Gasteiger partial charge in [0.1, 0.15) is 0 Å². The van der Waals surface area contributed by atoms with Gasteiger partial charge >= 0.3 is 0 Å². The molecular formula is C13H27N. The van der Waals surface area contributed by atoms with E-state index >= 15 is 0 Å². The Hall–Kier alpha value is -0.0400. The zero-order valence-corrected chi connectivity index (χ0v) is 9.80. The third-order valence-corrected chi connectivity index (χ3v) is 3.65. The highest BCUT2D eigenvalue weighted by molar-refractivity contribution is 4.77. The summed E-state index contributed by atoms with van der Waals surface area (Å²) >= 11 is 0. The summed E-state index contributed by atoms with van der Waals surface area (Å²) in [6.07, 6.45) is 13.8. The summed E-state index contributed by atoms with van der Waals surface area (Å²) in [5.41, 5.74) is 6.19. The monoisotopic (exact) mass is 197 g/mol. The summed E-state index contributed by atoms with van der Waals surface area (Å²) < 4.78 is 0. The minimum absolute atomic E-state index is 0.513. The molecule has 0 radical (unpaired) electrons. The maximum absolute atomic E-state index is 6.19. The van der Waals surface area contributed by atoms with Gasteiger partial charge in [0.2, 0.25) is 0 Å². The molecule has 0 saturated heterocycles. The zero-order chi connectivity index (χ0) is 10.2. The van der Waals surface area contributed by atoms with Gasteiger partial charge < -0.3 is 5.73 Å². The Morgan fingerprint density at radius 2 is 1.71 bits per heavy atom. The van der Waals surface area contributed by atoms with E-state index in [1.807, 2.05) is 0 Å². The normalized spacial score (nSPS) is 20.1. The quantitative estimate of drug-likeness (QED) is 0.616. The minimum atomic E-state index is 0.513. The van der Waals surface area contributed by atoms with Crippen molar-refractivity contribution in [2.75, 3.05) is 0 Å². The molecule has 0 spiro atoms. The predicted molar refractivity (Wildman–Crippen MR) is 63.3 cm³/mol. The van der Waals surface area contributed by atoms with Crippen molar-refractivity contribution < 1.29 is 0 Å². The molecular weight excluding hydrogens is 170 g/mol.